The smallest absolute Gasteiger partial charge is 0.254 e. The van der Waals surface area contributed by atoms with Gasteiger partial charge >= 0.3 is 0 Å². The minimum atomic E-state index is 0.103. The number of halogens is 1. The average Bonchev–Trinajstić information content (AvgIpc) is 2.34. The lowest BCUT2D eigenvalue weighted by atomic mass is 10.2. The molecule has 0 saturated carbocycles. The number of carbonyl (C=O) groups excluding carboxylic acids is 1. The van der Waals surface area contributed by atoms with E-state index in [1.807, 2.05) is 37.6 Å². The van der Waals surface area contributed by atoms with Crippen molar-refractivity contribution in [3.8, 4) is 0 Å². The molecule has 1 aromatic carbocycles. The van der Waals surface area contributed by atoms with Gasteiger partial charge in [0, 0.05) is 23.8 Å². The SMILES string of the molecule is CSc1ccccc1C(=O)N(C)CCCBr. The third-order valence-corrected chi connectivity index (χ3v) is 3.67. The van der Waals surface area contributed by atoms with E-state index < -0.39 is 0 Å². The van der Waals surface area contributed by atoms with Crippen LogP contribution < -0.4 is 0 Å². The first-order valence-electron chi connectivity index (χ1n) is 5.15. The average molecular weight is 302 g/mol. The summed E-state index contributed by atoms with van der Waals surface area (Å²) < 4.78 is 0. The molecule has 0 N–H and O–H groups in total. The van der Waals surface area contributed by atoms with Crippen molar-refractivity contribution in [1.82, 2.24) is 4.90 Å². The lowest BCUT2D eigenvalue weighted by molar-refractivity contribution is 0.0792. The first kappa shape index (κ1) is 13.6. The second kappa shape index (κ2) is 6.97. The van der Waals surface area contributed by atoms with Gasteiger partial charge in [0.1, 0.15) is 0 Å². The van der Waals surface area contributed by atoms with Gasteiger partial charge < -0.3 is 4.90 Å². The Bertz CT molecular complexity index is 357. The van der Waals surface area contributed by atoms with E-state index in [9.17, 15) is 4.79 Å². The summed E-state index contributed by atoms with van der Waals surface area (Å²) >= 11 is 4.98. The Labute approximate surface area is 110 Å². The Morgan fingerprint density at radius 2 is 2.12 bits per heavy atom. The fourth-order valence-corrected chi connectivity index (χ4v) is 2.27. The molecule has 0 heterocycles. The molecule has 0 bridgehead atoms. The zero-order valence-electron chi connectivity index (χ0n) is 9.57. The highest BCUT2D eigenvalue weighted by Gasteiger charge is 2.14. The van der Waals surface area contributed by atoms with Crippen molar-refractivity contribution in [1.29, 1.82) is 0 Å². The Kier molecular flexibility index (Phi) is 5.91. The molecule has 0 aromatic heterocycles. The molecular weight excluding hydrogens is 286 g/mol. The predicted octanol–water partition coefficient (Wildman–Crippen LogP) is 3.27. The highest BCUT2D eigenvalue weighted by Crippen LogP contribution is 2.20. The van der Waals surface area contributed by atoms with Crippen LogP contribution in [0.5, 0.6) is 0 Å². The summed E-state index contributed by atoms with van der Waals surface area (Å²) in [6.07, 6.45) is 2.97. The van der Waals surface area contributed by atoms with Gasteiger partial charge in [0.05, 0.1) is 5.56 Å². The fraction of sp³-hybridized carbons (Fsp3) is 0.417. The van der Waals surface area contributed by atoms with Gasteiger partial charge in [-0.2, -0.15) is 0 Å². The van der Waals surface area contributed by atoms with Crippen molar-refractivity contribution in [2.75, 3.05) is 25.2 Å². The Hall–Kier alpha value is -0.480. The molecule has 0 aliphatic rings. The van der Waals surface area contributed by atoms with E-state index in [0.717, 1.165) is 28.8 Å². The van der Waals surface area contributed by atoms with Gasteiger partial charge in [0.2, 0.25) is 0 Å². The molecule has 1 rings (SSSR count). The number of amides is 1. The molecule has 0 unspecified atom stereocenters. The number of hydrogen-bond donors (Lipinski definition) is 0. The lowest BCUT2D eigenvalue weighted by Crippen LogP contribution is -2.28. The van der Waals surface area contributed by atoms with E-state index in [2.05, 4.69) is 15.9 Å². The zero-order valence-corrected chi connectivity index (χ0v) is 12.0. The van der Waals surface area contributed by atoms with Gasteiger partial charge in [-0.3, -0.25) is 4.79 Å². The quantitative estimate of drug-likeness (QED) is 0.614. The monoisotopic (exact) mass is 301 g/mol. The van der Waals surface area contributed by atoms with E-state index >= 15 is 0 Å². The highest BCUT2D eigenvalue weighted by molar-refractivity contribution is 9.09. The minimum Gasteiger partial charge on any atom is -0.342 e. The van der Waals surface area contributed by atoms with Gasteiger partial charge in [-0.15, -0.1) is 11.8 Å². The van der Waals surface area contributed by atoms with Crippen molar-refractivity contribution in [3.63, 3.8) is 0 Å². The van der Waals surface area contributed by atoms with Crippen molar-refractivity contribution in [2.24, 2.45) is 0 Å². The molecule has 0 saturated heterocycles. The summed E-state index contributed by atoms with van der Waals surface area (Å²) in [5.74, 6) is 0.103. The standard InChI is InChI=1S/C12H16BrNOS/c1-14(9-5-8-13)12(15)10-6-3-4-7-11(10)16-2/h3-4,6-7H,5,8-9H2,1-2H3. The molecule has 0 atom stereocenters. The van der Waals surface area contributed by atoms with Crippen molar-refractivity contribution >= 4 is 33.6 Å². The van der Waals surface area contributed by atoms with Crippen molar-refractivity contribution < 1.29 is 4.79 Å². The van der Waals surface area contributed by atoms with Crippen LogP contribution >= 0.6 is 27.7 Å². The minimum absolute atomic E-state index is 0.103. The summed E-state index contributed by atoms with van der Waals surface area (Å²) in [4.78, 5) is 14.9. The van der Waals surface area contributed by atoms with Gasteiger partial charge in [-0.05, 0) is 24.8 Å². The Morgan fingerprint density at radius 3 is 2.75 bits per heavy atom. The highest BCUT2D eigenvalue weighted by atomic mass is 79.9. The first-order chi connectivity index (χ1) is 7.70. The second-order valence-corrected chi connectivity index (χ2v) is 5.11. The Morgan fingerprint density at radius 1 is 1.44 bits per heavy atom. The topological polar surface area (TPSA) is 20.3 Å². The van der Waals surface area contributed by atoms with Crippen LogP contribution in [0, 0.1) is 0 Å². The fourth-order valence-electron chi connectivity index (χ4n) is 1.43. The number of thioether (sulfide) groups is 1. The van der Waals surface area contributed by atoms with E-state index in [1.54, 1.807) is 16.7 Å². The van der Waals surface area contributed by atoms with Crippen LogP contribution in [0.4, 0.5) is 0 Å². The number of rotatable bonds is 5. The molecule has 88 valence electrons. The molecule has 0 spiro atoms. The van der Waals surface area contributed by atoms with Crippen molar-refractivity contribution in [3.05, 3.63) is 29.8 Å². The van der Waals surface area contributed by atoms with Crippen LogP contribution in [0.3, 0.4) is 0 Å². The number of benzene rings is 1. The molecule has 16 heavy (non-hydrogen) atoms. The summed E-state index contributed by atoms with van der Waals surface area (Å²) in [6.45, 7) is 0.785. The predicted molar refractivity (Wildman–Crippen MR) is 73.6 cm³/mol. The number of hydrogen-bond acceptors (Lipinski definition) is 2. The lowest BCUT2D eigenvalue weighted by Gasteiger charge is -2.17. The van der Waals surface area contributed by atoms with Crippen LogP contribution in [0.2, 0.25) is 0 Å². The maximum atomic E-state index is 12.1. The first-order valence-corrected chi connectivity index (χ1v) is 7.49. The van der Waals surface area contributed by atoms with Crippen LogP contribution in [-0.4, -0.2) is 36.0 Å². The Balaban J connectivity index is 2.79. The summed E-state index contributed by atoms with van der Waals surface area (Å²) in [5, 5.41) is 0.925. The van der Waals surface area contributed by atoms with Crippen LogP contribution in [-0.2, 0) is 0 Å². The molecular formula is C12H16BrNOS. The second-order valence-electron chi connectivity index (χ2n) is 3.47. The molecule has 1 aromatic rings. The molecule has 0 aliphatic carbocycles. The van der Waals surface area contributed by atoms with E-state index in [0.29, 0.717) is 0 Å². The number of nitrogens with zero attached hydrogens (tertiary/aromatic N) is 1. The molecule has 0 radical (unpaired) electrons. The normalized spacial score (nSPS) is 10.2. The largest absolute Gasteiger partial charge is 0.342 e. The third kappa shape index (κ3) is 3.52. The van der Waals surface area contributed by atoms with Crippen LogP contribution in [0.1, 0.15) is 16.8 Å². The number of carbonyl (C=O) groups is 1. The third-order valence-electron chi connectivity index (χ3n) is 2.31. The van der Waals surface area contributed by atoms with E-state index in [1.165, 1.54) is 0 Å². The summed E-state index contributed by atoms with van der Waals surface area (Å²) in [5.41, 5.74) is 0.798. The zero-order chi connectivity index (χ0) is 12.0. The maximum Gasteiger partial charge on any atom is 0.254 e. The van der Waals surface area contributed by atoms with Gasteiger partial charge in [0.15, 0.2) is 0 Å². The maximum absolute atomic E-state index is 12.1. The van der Waals surface area contributed by atoms with E-state index in [4.69, 9.17) is 0 Å². The van der Waals surface area contributed by atoms with Crippen LogP contribution in [0.25, 0.3) is 0 Å². The van der Waals surface area contributed by atoms with E-state index in [-0.39, 0.29) is 5.91 Å². The molecule has 0 aliphatic heterocycles. The van der Waals surface area contributed by atoms with Gasteiger partial charge in [-0.25, -0.2) is 0 Å². The van der Waals surface area contributed by atoms with Crippen molar-refractivity contribution in [2.45, 2.75) is 11.3 Å². The summed E-state index contributed by atoms with van der Waals surface area (Å²) in [6, 6.07) is 7.74. The molecule has 4 heteroatoms. The van der Waals surface area contributed by atoms with Crippen LogP contribution in [0.15, 0.2) is 29.2 Å². The van der Waals surface area contributed by atoms with Gasteiger partial charge in [0.25, 0.3) is 5.91 Å². The number of alkyl halides is 1. The molecule has 1 amide bonds. The molecule has 0 fully saturated rings. The van der Waals surface area contributed by atoms with Gasteiger partial charge in [-0.1, -0.05) is 28.1 Å². The molecule has 2 nitrogen and oxygen atoms in total. The summed E-state index contributed by atoms with van der Waals surface area (Å²) in [7, 11) is 1.85.